The van der Waals surface area contributed by atoms with Crippen molar-refractivity contribution < 1.29 is 18.3 Å². The number of carbonyl (C=O) groups is 1. The Bertz CT molecular complexity index is 1090. The third kappa shape index (κ3) is 5.42. The maximum atomic E-state index is 12.5. The number of nitrogens with one attached hydrogen (secondary N) is 1. The van der Waals surface area contributed by atoms with Gasteiger partial charge in [-0.15, -0.1) is 0 Å². The third-order valence-electron chi connectivity index (χ3n) is 5.00. The SMILES string of the molecule is O=C(CN1CC(c2ccccc2)C(c2ccc(OC(F)F)cc2)=N1)Nc1ccc(Cl)cc1. The first-order valence-electron chi connectivity index (χ1n) is 9.97. The molecular weight excluding hydrogens is 436 g/mol. The Morgan fingerprint density at radius 1 is 1.06 bits per heavy atom. The van der Waals surface area contributed by atoms with Gasteiger partial charge in [0.15, 0.2) is 0 Å². The number of hydrazone groups is 1. The Balaban J connectivity index is 1.53. The predicted octanol–water partition coefficient (Wildman–Crippen LogP) is 5.38. The molecule has 32 heavy (non-hydrogen) atoms. The van der Waals surface area contributed by atoms with E-state index >= 15 is 0 Å². The fourth-order valence-electron chi connectivity index (χ4n) is 3.57. The van der Waals surface area contributed by atoms with E-state index in [1.807, 2.05) is 30.3 Å². The molecule has 8 heteroatoms. The monoisotopic (exact) mass is 455 g/mol. The highest BCUT2D eigenvalue weighted by molar-refractivity contribution is 6.30. The Morgan fingerprint density at radius 2 is 1.75 bits per heavy atom. The van der Waals surface area contributed by atoms with Crippen LogP contribution in [0.1, 0.15) is 17.0 Å². The molecule has 0 aromatic heterocycles. The molecule has 164 valence electrons. The second-order valence-electron chi connectivity index (χ2n) is 7.25. The summed E-state index contributed by atoms with van der Waals surface area (Å²) in [5.74, 6) is -0.191. The Morgan fingerprint density at radius 3 is 2.41 bits per heavy atom. The first kappa shape index (κ1) is 21.8. The van der Waals surface area contributed by atoms with E-state index in [4.69, 9.17) is 11.6 Å². The van der Waals surface area contributed by atoms with Crippen molar-refractivity contribution in [3.05, 3.63) is 95.0 Å². The third-order valence-corrected chi connectivity index (χ3v) is 5.26. The van der Waals surface area contributed by atoms with E-state index in [-0.39, 0.29) is 24.1 Å². The molecule has 1 atom stereocenters. The zero-order valence-corrected chi connectivity index (χ0v) is 17.7. The summed E-state index contributed by atoms with van der Waals surface area (Å²) in [7, 11) is 0. The highest BCUT2D eigenvalue weighted by Gasteiger charge is 2.30. The minimum Gasteiger partial charge on any atom is -0.435 e. The number of amides is 1. The van der Waals surface area contributed by atoms with Crippen LogP contribution in [-0.4, -0.2) is 36.3 Å². The van der Waals surface area contributed by atoms with Crippen LogP contribution in [0, 0.1) is 0 Å². The van der Waals surface area contributed by atoms with E-state index < -0.39 is 6.61 Å². The largest absolute Gasteiger partial charge is 0.435 e. The molecule has 1 heterocycles. The number of rotatable bonds is 7. The lowest BCUT2D eigenvalue weighted by atomic mass is 9.90. The van der Waals surface area contributed by atoms with Crippen LogP contribution in [0.4, 0.5) is 14.5 Å². The average molecular weight is 456 g/mol. The molecule has 4 rings (SSSR count). The van der Waals surface area contributed by atoms with Crippen LogP contribution in [0.5, 0.6) is 5.75 Å². The van der Waals surface area contributed by atoms with E-state index in [9.17, 15) is 13.6 Å². The minimum atomic E-state index is -2.88. The molecule has 1 aliphatic rings. The number of anilines is 1. The summed E-state index contributed by atoms with van der Waals surface area (Å²) < 4.78 is 29.4. The van der Waals surface area contributed by atoms with Gasteiger partial charge in [0.2, 0.25) is 5.91 Å². The Hall–Kier alpha value is -3.45. The number of nitrogens with zero attached hydrogens (tertiary/aromatic N) is 2. The average Bonchev–Trinajstić information content (AvgIpc) is 3.19. The summed E-state index contributed by atoms with van der Waals surface area (Å²) in [4.78, 5) is 12.5. The van der Waals surface area contributed by atoms with Gasteiger partial charge in [0.05, 0.1) is 5.71 Å². The highest BCUT2D eigenvalue weighted by atomic mass is 35.5. The van der Waals surface area contributed by atoms with Crippen LogP contribution < -0.4 is 10.1 Å². The molecule has 1 amide bonds. The van der Waals surface area contributed by atoms with E-state index in [0.717, 1.165) is 16.8 Å². The van der Waals surface area contributed by atoms with E-state index in [2.05, 4.69) is 15.2 Å². The van der Waals surface area contributed by atoms with Crippen LogP contribution in [0.2, 0.25) is 5.02 Å². The number of hydrogen-bond acceptors (Lipinski definition) is 4. The molecule has 1 unspecified atom stereocenters. The fourth-order valence-corrected chi connectivity index (χ4v) is 3.70. The number of benzene rings is 3. The molecule has 3 aromatic rings. The van der Waals surface area contributed by atoms with Gasteiger partial charge in [-0.1, -0.05) is 41.9 Å². The summed E-state index contributed by atoms with van der Waals surface area (Å²) in [6.45, 7) is -2.29. The van der Waals surface area contributed by atoms with Crippen LogP contribution in [0.3, 0.4) is 0 Å². The molecular formula is C24H20ClF2N3O2. The second-order valence-corrected chi connectivity index (χ2v) is 7.69. The molecule has 3 aromatic carbocycles. The molecule has 0 fully saturated rings. The molecule has 1 N–H and O–H groups in total. The van der Waals surface area contributed by atoms with Crippen LogP contribution in [-0.2, 0) is 4.79 Å². The zero-order chi connectivity index (χ0) is 22.5. The predicted molar refractivity (Wildman–Crippen MR) is 120 cm³/mol. The lowest BCUT2D eigenvalue weighted by Gasteiger charge is -2.16. The summed E-state index contributed by atoms with van der Waals surface area (Å²) >= 11 is 5.89. The van der Waals surface area contributed by atoms with Gasteiger partial charge in [-0.05, 0) is 59.7 Å². The number of carbonyl (C=O) groups excluding carboxylic acids is 1. The van der Waals surface area contributed by atoms with Crippen molar-refractivity contribution >= 4 is 28.9 Å². The topological polar surface area (TPSA) is 53.9 Å². The first-order valence-corrected chi connectivity index (χ1v) is 10.3. The van der Waals surface area contributed by atoms with Gasteiger partial charge in [0.25, 0.3) is 0 Å². The first-order chi connectivity index (χ1) is 15.5. The number of hydrogen-bond donors (Lipinski definition) is 1. The Kier molecular flexibility index (Phi) is 6.66. The van der Waals surface area contributed by atoms with Crippen LogP contribution in [0.15, 0.2) is 84.0 Å². The molecule has 0 radical (unpaired) electrons. The maximum absolute atomic E-state index is 12.5. The van der Waals surface area contributed by atoms with Gasteiger partial charge >= 0.3 is 6.61 Å². The van der Waals surface area contributed by atoms with Crippen LogP contribution in [0.25, 0.3) is 0 Å². The van der Waals surface area contributed by atoms with Crippen molar-refractivity contribution in [2.24, 2.45) is 5.10 Å². The molecule has 0 saturated carbocycles. The zero-order valence-electron chi connectivity index (χ0n) is 16.9. The lowest BCUT2D eigenvalue weighted by molar-refractivity contribution is -0.117. The van der Waals surface area contributed by atoms with Crippen molar-refractivity contribution in [1.82, 2.24) is 5.01 Å². The summed E-state index contributed by atoms with van der Waals surface area (Å²) in [6, 6.07) is 23.1. The molecule has 1 aliphatic heterocycles. The van der Waals surface area contributed by atoms with Crippen molar-refractivity contribution in [3.63, 3.8) is 0 Å². The summed E-state index contributed by atoms with van der Waals surface area (Å²) in [5.41, 5.74) is 3.25. The van der Waals surface area contributed by atoms with Gasteiger partial charge < -0.3 is 10.1 Å². The summed E-state index contributed by atoms with van der Waals surface area (Å²) in [5, 5.41) is 9.82. The van der Waals surface area contributed by atoms with Crippen molar-refractivity contribution in [2.45, 2.75) is 12.5 Å². The molecule has 0 spiro atoms. The standard InChI is InChI=1S/C24H20ClF2N3O2/c25-18-8-10-19(11-9-18)28-22(31)15-30-14-21(16-4-2-1-3-5-16)23(29-30)17-6-12-20(13-7-17)32-24(26)27/h1-13,21,24H,14-15H2,(H,28,31). The number of ether oxygens (including phenoxy) is 1. The van der Waals surface area contributed by atoms with E-state index in [1.165, 1.54) is 12.1 Å². The smallest absolute Gasteiger partial charge is 0.387 e. The molecule has 0 bridgehead atoms. The number of halogens is 3. The molecule has 0 aliphatic carbocycles. The minimum absolute atomic E-state index is 0.0681. The van der Waals surface area contributed by atoms with Crippen molar-refractivity contribution in [3.8, 4) is 5.75 Å². The van der Waals surface area contributed by atoms with Gasteiger partial charge in [-0.2, -0.15) is 13.9 Å². The van der Waals surface area contributed by atoms with Gasteiger partial charge in [0.1, 0.15) is 12.3 Å². The summed E-state index contributed by atoms with van der Waals surface area (Å²) in [6.07, 6.45) is 0. The highest BCUT2D eigenvalue weighted by Crippen LogP contribution is 2.29. The van der Waals surface area contributed by atoms with E-state index in [0.29, 0.717) is 17.3 Å². The van der Waals surface area contributed by atoms with Gasteiger partial charge in [0, 0.05) is 23.2 Å². The fraction of sp³-hybridized carbons (Fsp3) is 0.167. The Labute approximate surface area is 189 Å². The maximum Gasteiger partial charge on any atom is 0.387 e. The molecule has 0 saturated heterocycles. The molecule has 5 nitrogen and oxygen atoms in total. The van der Waals surface area contributed by atoms with Gasteiger partial charge in [-0.3, -0.25) is 9.80 Å². The van der Waals surface area contributed by atoms with Crippen molar-refractivity contribution in [1.29, 1.82) is 0 Å². The number of alkyl halides is 2. The normalized spacial score (nSPS) is 15.6. The van der Waals surface area contributed by atoms with Crippen LogP contribution >= 0.6 is 11.6 Å². The lowest BCUT2D eigenvalue weighted by Crippen LogP contribution is -2.29. The second kappa shape index (κ2) is 9.78. The quantitative estimate of drug-likeness (QED) is 0.520. The van der Waals surface area contributed by atoms with Crippen molar-refractivity contribution in [2.75, 3.05) is 18.4 Å². The van der Waals surface area contributed by atoms with Gasteiger partial charge in [-0.25, -0.2) is 0 Å². The van der Waals surface area contributed by atoms with E-state index in [1.54, 1.807) is 41.4 Å².